The Balaban J connectivity index is 1.43. The Morgan fingerprint density at radius 1 is 0.968 bits per heavy atom. The van der Waals surface area contributed by atoms with Gasteiger partial charge in [0.1, 0.15) is 17.6 Å². The maximum absolute atomic E-state index is 13.2. The quantitative estimate of drug-likeness (QED) is 0.366. The number of aromatic nitrogens is 2. The third kappa shape index (κ3) is 3.76. The van der Waals surface area contributed by atoms with Gasteiger partial charge in [-0.05, 0) is 36.4 Å². The van der Waals surface area contributed by atoms with Crippen LogP contribution in [-0.2, 0) is 0 Å². The van der Waals surface area contributed by atoms with Crippen molar-refractivity contribution in [1.29, 1.82) is 5.26 Å². The number of halogens is 3. The number of nitrogens with zero attached hydrogens (tertiary/aromatic N) is 2. The summed E-state index contributed by atoms with van der Waals surface area (Å²) in [5, 5.41) is 17.0. The highest BCUT2D eigenvalue weighted by Crippen LogP contribution is 2.42. The zero-order chi connectivity index (χ0) is 21.6. The van der Waals surface area contributed by atoms with E-state index in [4.69, 9.17) is 11.6 Å². The zero-order valence-electron chi connectivity index (χ0n) is 15.5. The molecule has 0 radical (unpaired) electrons. The summed E-state index contributed by atoms with van der Waals surface area (Å²) in [4.78, 5) is 7.35. The number of rotatable bonds is 4. The van der Waals surface area contributed by atoms with E-state index >= 15 is 0 Å². The first-order valence-electron chi connectivity index (χ1n) is 9.01. The first kappa shape index (κ1) is 19.0. The molecule has 5 rings (SSSR count). The number of anilines is 4. The van der Waals surface area contributed by atoms with E-state index in [0.717, 1.165) is 10.9 Å². The SMILES string of the molecule is N#Cc1cc(Nc2ccc3c(c2)OC(F)(F)O3)cc(Nc2cc(Cl)c3cc[nH]c3c2)n1. The maximum Gasteiger partial charge on any atom is 0.586 e. The standard InChI is InChI=1S/C21H12ClF2N5O2/c22-16-6-13(7-17-15(16)3-4-26-17)28-20-9-12(5-14(10-25)29-20)27-11-1-2-18-19(8-11)31-21(23,24)30-18/h1-9,26H,(H2,27,28,29). The minimum atomic E-state index is -3.69. The van der Waals surface area contributed by atoms with E-state index in [9.17, 15) is 14.0 Å². The van der Waals surface area contributed by atoms with E-state index < -0.39 is 6.29 Å². The zero-order valence-corrected chi connectivity index (χ0v) is 16.3. The molecule has 0 fully saturated rings. The molecule has 0 amide bonds. The van der Waals surface area contributed by atoms with Crippen LogP contribution in [0.5, 0.6) is 11.5 Å². The van der Waals surface area contributed by atoms with Gasteiger partial charge >= 0.3 is 6.29 Å². The van der Waals surface area contributed by atoms with Crippen molar-refractivity contribution in [3.05, 3.63) is 65.4 Å². The molecular weight excluding hydrogens is 428 g/mol. The molecule has 3 N–H and O–H groups in total. The van der Waals surface area contributed by atoms with Crippen molar-refractivity contribution < 1.29 is 18.3 Å². The molecule has 3 heterocycles. The Hall–Kier alpha value is -4.03. The van der Waals surface area contributed by atoms with Gasteiger partial charge in [-0.3, -0.25) is 0 Å². The van der Waals surface area contributed by atoms with Gasteiger partial charge in [-0.2, -0.15) is 5.26 Å². The lowest BCUT2D eigenvalue weighted by atomic mass is 10.2. The van der Waals surface area contributed by atoms with Crippen LogP contribution in [0.15, 0.2) is 54.7 Å². The van der Waals surface area contributed by atoms with Gasteiger partial charge in [0.15, 0.2) is 11.5 Å². The fourth-order valence-corrected chi connectivity index (χ4v) is 3.54. The molecule has 0 atom stereocenters. The number of alkyl halides is 2. The minimum Gasteiger partial charge on any atom is -0.395 e. The topological polar surface area (TPSA) is 95.0 Å². The molecule has 0 aliphatic carbocycles. The maximum atomic E-state index is 13.2. The Morgan fingerprint density at radius 3 is 2.61 bits per heavy atom. The largest absolute Gasteiger partial charge is 0.586 e. The lowest BCUT2D eigenvalue weighted by Crippen LogP contribution is -2.25. The van der Waals surface area contributed by atoms with Crippen LogP contribution >= 0.6 is 11.6 Å². The van der Waals surface area contributed by atoms with Gasteiger partial charge in [0, 0.05) is 46.3 Å². The van der Waals surface area contributed by atoms with Crippen molar-refractivity contribution in [2.75, 3.05) is 10.6 Å². The third-order valence-corrected chi connectivity index (χ3v) is 4.83. The average Bonchev–Trinajstić information content (AvgIpc) is 3.30. The Kier molecular flexibility index (Phi) is 4.30. The van der Waals surface area contributed by atoms with E-state index in [2.05, 4.69) is 30.1 Å². The number of benzene rings is 2. The van der Waals surface area contributed by atoms with Crippen LogP contribution in [0.3, 0.4) is 0 Å². The number of hydrogen-bond donors (Lipinski definition) is 3. The number of H-pyrrole nitrogens is 1. The normalized spacial score (nSPS) is 13.7. The van der Waals surface area contributed by atoms with E-state index in [1.54, 1.807) is 24.4 Å². The van der Waals surface area contributed by atoms with Gasteiger partial charge < -0.3 is 25.1 Å². The average molecular weight is 440 g/mol. The summed E-state index contributed by atoms with van der Waals surface area (Å²) < 4.78 is 35.3. The molecule has 0 saturated heterocycles. The molecule has 1 aliphatic rings. The van der Waals surface area contributed by atoms with Crippen LogP contribution in [0, 0.1) is 11.3 Å². The molecular formula is C21H12ClF2N5O2. The van der Waals surface area contributed by atoms with Crippen molar-refractivity contribution in [3.63, 3.8) is 0 Å². The Morgan fingerprint density at radius 2 is 1.77 bits per heavy atom. The molecule has 31 heavy (non-hydrogen) atoms. The molecule has 1 aliphatic heterocycles. The monoisotopic (exact) mass is 439 g/mol. The molecule has 0 unspecified atom stereocenters. The van der Waals surface area contributed by atoms with Gasteiger partial charge in [0.2, 0.25) is 0 Å². The second kappa shape index (κ2) is 7.04. The van der Waals surface area contributed by atoms with Gasteiger partial charge in [0.05, 0.1) is 5.02 Å². The number of ether oxygens (including phenoxy) is 2. The molecule has 10 heteroatoms. The Labute approximate surface area is 179 Å². The van der Waals surface area contributed by atoms with E-state index in [1.807, 2.05) is 18.2 Å². The number of aromatic amines is 1. The van der Waals surface area contributed by atoms with Crippen molar-refractivity contribution >= 4 is 45.4 Å². The summed E-state index contributed by atoms with van der Waals surface area (Å²) in [7, 11) is 0. The number of hydrogen-bond acceptors (Lipinski definition) is 6. The number of nitriles is 1. The molecule has 0 saturated carbocycles. The predicted molar refractivity (Wildman–Crippen MR) is 111 cm³/mol. The highest BCUT2D eigenvalue weighted by atomic mass is 35.5. The molecule has 4 aromatic rings. The highest BCUT2D eigenvalue weighted by molar-refractivity contribution is 6.35. The predicted octanol–water partition coefficient (Wildman–Crippen LogP) is 5.90. The highest BCUT2D eigenvalue weighted by Gasteiger charge is 2.43. The summed E-state index contributed by atoms with van der Waals surface area (Å²) >= 11 is 6.31. The van der Waals surface area contributed by atoms with Gasteiger partial charge in [-0.15, -0.1) is 8.78 Å². The van der Waals surface area contributed by atoms with Gasteiger partial charge in [-0.25, -0.2) is 4.98 Å². The third-order valence-electron chi connectivity index (χ3n) is 4.52. The van der Waals surface area contributed by atoms with Crippen LogP contribution in [0.4, 0.5) is 31.7 Å². The first-order chi connectivity index (χ1) is 14.9. The van der Waals surface area contributed by atoms with Crippen LogP contribution in [0.1, 0.15) is 5.69 Å². The first-order valence-corrected chi connectivity index (χ1v) is 9.39. The van der Waals surface area contributed by atoms with Crippen molar-refractivity contribution in [3.8, 4) is 17.6 Å². The minimum absolute atomic E-state index is 0.0538. The number of nitrogens with one attached hydrogen (secondary N) is 3. The van der Waals surface area contributed by atoms with Crippen LogP contribution in [-0.4, -0.2) is 16.3 Å². The van der Waals surface area contributed by atoms with E-state index in [0.29, 0.717) is 27.9 Å². The smallest absolute Gasteiger partial charge is 0.395 e. The number of pyridine rings is 1. The fraction of sp³-hybridized carbons (Fsp3) is 0.0476. The summed E-state index contributed by atoms with van der Waals surface area (Å²) in [5.41, 5.74) is 2.68. The van der Waals surface area contributed by atoms with E-state index in [-0.39, 0.29) is 17.2 Å². The molecule has 2 aromatic carbocycles. The lowest BCUT2D eigenvalue weighted by molar-refractivity contribution is -0.286. The van der Waals surface area contributed by atoms with Crippen LogP contribution in [0.25, 0.3) is 10.9 Å². The van der Waals surface area contributed by atoms with Crippen LogP contribution < -0.4 is 20.1 Å². The second-order valence-corrected chi connectivity index (χ2v) is 7.12. The second-order valence-electron chi connectivity index (χ2n) is 6.71. The summed E-state index contributed by atoms with van der Waals surface area (Å²) in [5.74, 6) is 0.259. The van der Waals surface area contributed by atoms with Crippen molar-refractivity contribution in [1.82, 2.24) is 9.97 Å². The molecule has 0 spiro atoms. The number of fused-ring (bicyclic) bond motifs is 2. The summed E-state index contributed by atoms with van der Waals surface area (Å²) in [6.45, 7) is 0. The molecule has 2 aromatic heterocycles. The molecule has 7 nitrogen and oxygen atoms in total. The van der Waals surface area contributed by atoms with Crippen LogP contribution in [0.2, 0.25) is 5.02 Å². The van der Waals surface area contributed by atoms with E-state index in [1.165, 1.54) is 18.2 Å². The Bertz CT molecular complexity index is 1370. The van der Waals surface area contributed by atoms with Crippen molar-refractivity contribution in [2.24, 2.45) is 0 Å². The van der Waals surface area contributed by atoms with Crippen molar-refractivity contribution in [2.45, 2.75) is 6.29 Å². The fourth-order valence-electron chi connectivity index (χ4n) is 3.26. The summed E-state index contributed by atoms with van der Waals surface area (Å²) in [6.07, 6.45) is -1.90. The van der Waals surface area contributed by atoms with Gasteiger partial charge in [-0.1, -0.05) is 11.6 Å². The lowest BCUT2D eigenvalue weighted by Gasteiger charge is -2.11. The van der Waals surface area contributed by atoms with Gasteiger partial charge in [0.25, 0.3) is 0 Å². The molecule has 0 bridgehead atoms. The molecule has 154 valence electrons. The summed E-state index contributed by atoms with van der Waals surface area (Å²) in [6, 6.07) is 15.0.